The number of aromatic carboxylic acids is 2. The highest BCUT2D eigenvalue weighted by molar-refractivity contribution is 6.22. The standard InChI is InChI=1S/2C27H18O12/c2*1-8-10(22(32)13-7-38-17-5-15(30)14(29)4-11(17)23(13)33)3-12-24(34)20-18(39-26(12)19(8)9(2)28)6-16(31)25(35)21(20)27(36)37/h3-6,29-31,33,35H,7H2,1-2H3,(H,36,37);3-6,13,29-31,35H,7H2,1-2H3,(H,36,37). The molecule has 0 spiro atoms. The van der Waals surface area contributed by atoms with E-state index in [4.69, 9.17) is 18.3 Å². The number of carbonyl (C=O) groups excluding carboxylic acids is 5. The SMILES string of the molecule is CC(=O)c1c(C)c(C(=O)C2=C(O)c3cc(O)c(O)cc3OC2)cc2c(=O)c3c(C(=O)O)c(O)c(O)cc3oc12.CC(=O)c1c(C)c(C(=O)C2COc3cc(O)c(O)cc3C2=O)cc2c(=O)c3c(C(=O)O)c(O)c(O)cc3oc12. The Morgan fingerprint density at radius 3 is 1.40 bits per heavy atom. The van der Waals surface area contributed by atoms with Crippen LogP contribution < -0.4 is 20.3 Å². The minimum Gasteiger partial charge on any atom is -0.507 e. The molecule has 8 aromatic rings. The van der Waals surface area contributed by atoms with Crippen LogP contribution in [0, 0.1) is 19.8 Å². The van der Waals surface area contributed by atoms with Crippen molar-refractivity contribution in [3.05, 3.63) is 130 Å². The van der Waals surface area contributed by atoms with Crippen LogP contribution in [0.25, 0.3) is 49.6 Å². The highest BCUT2D eigenvalue weighted by Crippen LogP contribution is 2.43. The van der Waals surface area contributed by atoms with Gasteiger partial charge in [0.15, 0.2) is 74.9 Å². The quantitative estimate of drug-likeness (QED) is 0.0331. The number of Topliss-reactive ketones (excluding diaryl/α,β-unsaturated/α-hetero) is 5. The Balaban J connectivity index is 0.000000190. The summed E-state index contributed by atoms with van der Waals surface area (Å²) < 4.78 is 22.3. The van der Waals surface area contributed by atoms with Crippen LogP contribution in [0.4, 0.5) is 0 Å². The summed E-state index contributed by atoms with van der Waals surface area (Å²) in [5, 5.41) is 107. The van der Waals surface area contributed by atoms with Gasteiger partial charge in [0.25, 0.3) is 0 Å². The van der Waals surface area contributed by atoms with Crippen LogP contribution in [-0.2, 0) is 0 Å². The molecule has 0 radical (unpaired) electrons. The van der Waals surface area contributed by atoms with E-state index >= 15 is 0 Å². The van der Waals surface area contributed by atoms with Gasteiger partial charge >= 0.3 is 11.9 Å². The molecule has 0 saturated heterocycles. The summed E-state index contributed by atoms with van der Waals surface area (Å²) in [4.78, 5) is 117. The Kier molecular flexibility index (Phi) is 12.3. The molecule has 78 heavy (non-hydrogen) atoms. The van der Waals surface area contributed by atoms with E-state index in [2.05, 4.69) is 0 Å². The molecule has 0 bridgehead atoms. The van der Waals surface area contributed by atoms with E-state index in [-0.39, 0.29) is 83.5 Å². The van der Waals surface area contributed by atoms with E-state index < -0.39 is 156 Å². The molecule has 6 aromatic carbocycles. The van der Waals surface area contributed by atoms with Gasteiger partial charge in [-0.25, -0.2) is 9.59 Å². The molecule has 24 heteroatoms. The van der Waals surface area contributed by atoms with E-state index in [9.17, 15) is 99.3 Å². The maximum atomic E-state index is 13.6. The fourth-order valence-electron chi connectivity index (χ4n) is 9.46. The third-order valence-electron chi connectivity index (χ3n) is 13.2. The van der Waals surface area contributed by atoms with Crippen molar-refractivity contribution in [2.24, 2.45) is 5.92 Å². The molecule has 0 amide bonds. The van der Waals surface area contributed by atoms with Crippen LogP contribution in [-0.4, -0.2) is 110 Å². The van der Waals surface area contributed by atoms with Gasteiger partial charge in [-0.3, -0.25) is 33.6 Å². The molecule has 2 aliphatic heterocycles. The fourth-order valence-corrected chi connectivity index (χ4v) is 9.46. The number of hydrogen-bond donors (Lipinski definition) is 11. The van der Waals surface area contributed by atoms with Crippen LogP contribution in [0.5, 0.6) is 57.5 Å². The fraction of sp³-hybridized carbons (Fsp3) is 0.130. The first-order chi connectivity index (χ1) is 36.7. The number of hydrogen-bond acceptors (Lipinski definition) is 22. The molecule has 4 heterocycles. The van der Waals surface area contributed by atoms with E-state index in [0.717, 1.165) is 62.4 Å². The normalized spacial score (nSPS) is 13.8. The first kappa shape index (κ1) is 52.0. The van der Waals surface area contributed by atoms with Crippen molar-refractivity contribution in [1.29, 1.82) is 0 Å². The number of phenolic OH excluding ortho intramolecular Hbond substituents is 6. The lowest BCUT2D eigenvalue weighted by Gasteiger charge is -2.24. The average molecular weight is 1070 g/mol. The number of aromatic hydroxyl groups is 8. The zero-order valence-electron chi connectivity index (χ0n) is 40.3. The van der Waals surface area contributed by atoms with Crippen molar-refractivity contribution in [2.75, 3.05) is 13.2 Å². The zero-order chi connectivity index (χ0) is 57.0. The molecule has 396 valence electrons. The Hall–Kier alpha value is -10.9. The van der Waals surface area contributed by atoms with Gasteiger partial charge in [-0.1, -0.05) is 0 Å². The van der Waals surface area contributed by atoms with Crippen molar-refractivity contribution in [2.45, 2.75) is 27.7 Å². The van der Waals surface area contributed by atoms with Crippen molar-refractivity contribution in [3.8, 4) is 57.5 Å². The summed E-state index contributed by atoms with van der Waals surface area (Å²) in [6.07, 6.45) is 0. The maximum Gasteiger partial charge on any atom is 0.340 e. The van der Waals surface area contributed by atoms with Crippen molar-refractivity contribution < 1.29 is 108 Å². The van der Waals surface area contributed by atoms with Crippen LogP contribution in [0.15, 0.2) is 72.5 Å². The first-order valence-electron chi connectivity index (χ1n) is 22.6. The lowest BCUT2D eigenvalue weighted by Crippen LogP contribution is -2.34. The Morgan fingerprint density at radius 2 is 0.936 bits per heavy atom. The predicted octanol–water partition coefficient (Wildman–Crippen LogP) is 6.57. The van der Waals surface area contributed by atoms with Gasteiger partial charge in [-0.15, -0.1) is 0 Å². The first-order valence-corrected chi connectivity index (χ1v) is 22.6. The van der Waals surface area contributed by atoms with Crippen molar-refractivity contribution in [1.82, 2.24) is 0 Å². The monoisotopic (exact) mass is 1070 g/mol. The molecule has 10 rings (SSSR count). The summed E-state index contributed by atoms with van der Waals surface area (Å²) in [7, 11) is 0. The van der Waals surface area contributed by atoms with Crippen LogP contribution in [0.2, 0.25) is 0 Å². The van der Waals surface area contributed by atoms with Crippen LogP contribution in [0.1, 0.15) is 103 Å². The van der Waals surface area contributed by atoms with E-state index in [1.165, 1.54) is 13.8 Å². The van der Waals surface area contributed by atoms with Gasteiger partial charge in [0, 0.05) is 35.4 Å². The van der Waals surface area contributed by atoms with Gasteiger partial charge in [-0.2, -0.15) is 0 Å². The number of carboxylic acid groups (broad SMARTS) is 2. The highest BCUT2D eigenvalue weighted by atomic mass is 16.5. The summed E-state index contributed by atoms with van der Waals surface area (Å²) >= 11 is 0. The Bertz CT molecular complexity index is 4340. The summed E-state index contributed by atoms with van der Waals surface area (Å²) in [5.74, 6) is -15.3. The molecule has 24 nitrogen and oxygen atoms in total. The number of carbonyl (C=O) groups is 7. The molecule has 2 aliphatic rings. The number of phenols is 8. The molecule has 0 saturated carbocycles. The molecular formula is C54H36O24. The van der Waals surface area contributed by atoms with E-state index in [1.807, 2.05) is 0 Å². The van der Waals surface area contributed by atoms with Gasteiger partial charge in [0.2, 0.25) is 10.9 Å². The van der Waals surface area contributed by atoms with Crippen LogP contribution >= 0.6 is 0 Å². The largest absolute Gasteiger partial charge is 0.507 e. The molecular weight excluding hydrogens is 1030 g/mol. The van der Waals surface area contributed by atoms with Gasteiger partial charge < -0.3 is 74.5 Å². The van der Waals surface area contributed by atoms with E-state index in [0.29, 0.717) is 0 Å². The average Bonchev–Trinajstić information content (AvgIpc) is 3.57. The summed E-state index contributed by atoms with van der Waals surface area (Å²) in [6, 6.07) is 7.85. The highest BCUT2D eigenvalue weighted by Gasteiger charge is 2.38. The minimum absolute atomic E-state index is 0.00427. The Morgan fingerprint density at radius 1 is 0.513 bits per heavy atom. The van der Waals surface area contributed by atoms with E-state index in [1.54, 1.807) is 0 Å². The Labute approximate surface area is 431 Å². The molecule has 1 atom stereocenters. The molecule has 1 unspecified atom stereocenters. The molecule has 2 aromatic heterocycles. The number of benzene rings is 6. The maximum absolute atomic E-state index is 13.6. The molecule has 0 fully saturated rings. The number of carboxylic acids is 2. The number of rotatable bonds is 8. The zero-order valence-corrected chi connectivity index (χ0v) is 40.3. The predicted molar refractivity (Wildman–Crippen MR) is 267 cm³/mol. The lowest BCUT2D eigenvalue weighted by molar-refractivity contribution is 0.0684. The second-order valence-corrected chi connectivity index (χ2v) is 17.9. The number of ether oxygens (including phenoxy) is 2. The third-order valence-corrected chi connectivity index (χ3v) is 13.2. The second kappa shape index (κ2) is 18.5. The van der Waals surface area contributed by atoms with Gasteiger partial charge in [-0.05, 0) is 63.1 Å². The lowest BCUT2D eigenvalue weighted by atomic mass is 9.84. The number of ketones is 5. The topological polar surface area (TPSA) is 421 Å². The number of fused-ring (bicyclic) bond motifs is 6. The van der Waals surface area contributed by atoms with Crippen LogP contribution in [0.3, 0.4) is 0 Å². The number of aliphatic hydroxyl groups excluding tert-OH is 1. The summed E-state index contributed by atoms with van der Waals surface area (Å²) in [6.45, 7) is 4.21. The molecule has 11 N–H and O–H groups in total. The smallest absolute Gasteiger partial charge is 0.340 e. The second-order valence-electron chi connectivity index (χ2n) is 17.9. The van der Waals surface area contributed by atoms with Gasteiger partial charge in [0.05, 0.1) is 49.4 Å². The van der Waals surface area contributed by atoms with Crippen molar-refractivity contribution in [3.63, 3.8) is 0 Å². The van der Waals surface area contributed by atoms with Crippen molar-refractivity contribution >= 4 is 90.5 Å². The minimum atomic E-state index is -1.74. The third kappa shape index (κ3) is 7.98. The van der Waals surface area contributed by atoms with Gasteiger partial charge in [0.1, 0.15) is 69.8 Å². The summed E-state index contributed by atoms with van der Waals surface area (Å²) in [5.41, 5.74) is -6.47. The number of aliphatic hydroxyl groups is 1. The molecule has 0 aliphatic carbocycles.